The van der Waals surface area contributed by atoms with Gasteiger partial charge in [0.05, 0.1) is 62.6 Å². The van der Waals surface area contributed by atoms with E-state index < -0.39 is 47.4 Å². The van der Waals surface area contributed by atoms with Gasteiger partial charge in [-0.2, -0.15) is 0 Å². The molecule has 2 spiro atoms. The van der Waals surface area contributed by atoms with Gasteiger partial charge in [-0.05, 0) is 37.8 Å². The van der Waals surface area contributed by atoms with Crippen LogP contribution in [0.2, 0.25) is 0 Å². The molecule has 6 aliphatic heterocycles. The van der Waals surface area contributed by atoms with E-state index in [9.17, 15) is 9.90 Å². The van der Waals surface area contributed by atoms with Crippen molar-refractivity contribution in [3.63, 3.8) is 0 Å². The molecule has 8 aliphatic rings. The molecule has 1 saturated carbocycles. The molecule has 9 atom stereocenters. The second-order valence-electron chi connectivity index (χ2n) is 15.0. The predicted molar refractivity (Wildman–Crippen MR) is 169 cm³/mol. The van der Waals surface area contributed by atoms with E-state index in [0.717, 1.165) is 23.1 Å². The Bertz CT molecular complexity index is 1770. The van der Waals surface area contributed by atoms with Crippen LogP contribution >= 0.6 is 0 Å². The number of benzene rings is 2. The van der Waals surface area contributed by atoms with Crippen molar-refractivity contribution in [3.05, 3.63) is 28.3 Å². The van der Waals surface area contributed by atoms with Crippen molar-refractivity contribution >= 4 is 16.6 Å². The maximum absolute atomic E-state index is 13.4. The summed E-state index contributed by atoms with van der Waals surface area (Å²) >= 11 is 0. The van der Waals surface area contributed by atoms with Crippen LogP contribution in [0.25, 0.3) is 10.8 Å². The molecule has 6 fully saturated rings. The van der Waals surface area contributed by atoms with Crippen LogP contribution in [0.3, 0.4) is 0 Å². The number of Topliss-reactive ketones (excluding diaryl/α,β-unsaturated/α-hetero) is 1. The highest BCUT2D eigenvalue weighted by atomic mass is 16.9. The largest absolute Gasteiger partial charge is 0.506 e. The van der Waals surface area contributed by atoms with Gasteiger partial charge < -0.3 is 57.8 Å². The minimum Gasteiger partial charge on any atom is -0.506 e. The number of hydrogen-bond acceptors (Lipinski definition) is 13. The number of nitrogens with one attached hydrogen (secondary N) is 1. The van der Waals surface area contributed by atoms with Gasteiger partial charge in [0, 0.05) is 42.5 Å². The zero-order chi connectivity index (χ0) is 33.7. The molecule has 0 amide bonds. The Morgan fingerprint density at radius 3 is 2.61 bits per heavy atom. The van der Waals surface area contributed by atoms with E-state index in [4.69, 9.17) is 47.4 Å². The van der Waals surface area contributed by atoms with Crippen LogP contribution < -0.4 is 14.8 Å². The zero-order valence-corrected chi connectivity index (χ0v) is 28.4. The average Bonchev–Trinajstić information content (AvgIpc) is 4.00. The number of ketones is 1. The van der Waals surface area contributed by atoms with E-state index in [1.54, 1.807) is 14.2 Å². The molecule has 4 bridgehead atoms. The Morgan fingerprint density at radius 1 is 1.10 bits per heavy atom. The average molecular weight is 682 g/mol. The molecule has 5 saturated heterocycles. The molecule has 264 valence electrons. The minimum atomic E-state index is -1.54. The molecule has 13 nitrogen and oxygen atoms in total. The van der Waals surface area contributed by atoms with E-state index in [2.05, 4.69) is 19.2 Å². The third-order valence-corrected chi connectivity index (χ3v) is 12.1. The molecule has 2 aromatic carbocycles. The smallest absolute Gasteiger partial charge is 0.274 e. The van der Waals surface area contributed by atoms with E-state index in [0.29, 0.717) is 67.8 Å². The first-order valence-electron chi connectivity index (χ1n) is 17.6. The lowest BCUT2D eigenvalue weighted by Gasteiger charge is -2.47. The van der Waals surface area contributed by atoms with Crippen LogP contribution in [0.1, 0.15) is 72.5 Å². The summed E-state index contributed by atoms with van der Waals surface area (Å²) in [5.74, 6) is -2.48. The van der Waals surface area contributed by atoms with Gasteiger partial charge in [0.1, 0.15) is 23.4 Å². The number of hydrogen-bond donors (Lipinski definition) is 2. The molecule has 6 heterocycles. The van der Waals surface area contributed by atoms with Crippen LogP contribution in [0, 0.1) is 6.92 Å². The monoisotopic (exact) mass is 681 g/mol. The molecule has 49 heavy (non-hydrogen) atoms. The van der Waals surface area contributed by atoms with E-state index in [-0.39, 0.29) is 41.9 Å². The Morgan fingerprint density at radius 2 is 1.90 bits per heavy atom. The maximum Gasteiger partial charge on any atom is 0.274 e. The molecule has 6 unspecified atom stereocenters. The summed E-state index contributed by atoms with van der Waals surface area (Å²) in [6.45, 7) is 7.87. The minimum absolute atomic E-state index is 0.0242. The molecule has 2 aromatic rings. The van der Waals surface area contributed by atoms with Gasteiger partial charge in [-0.15, -0.1) is 0 Å². The third kappa shape index (κ3) is 3.64. The SMILES string of the molecule is COc1c2c(c(O)c3c4c(c(C)cc13)C1C3OC5(C6OCCCO6)OC15[C@]1(CO1)[C@]3(OC1CC(OC)[C@@H](NC(C)C)CO1)O4)C(=O)CCC2. The van der Waals surface area contributed by atoms with E-state index in [1.807, 2.05) is 13.0 Å². The molecule has 13 heteroatoms. The molecule has 2 aliphatic carbocycles. The Labute approximate surface area is 283 Å². The summed E-state index contributed by atoms with van der Waals surface area (Å²) in [6, 6.07) is 2.22. The summed E-state index contributed by atoms with van der Waals surface area (Å²) in [4.78, 5) is 13.4. The van der Waals surface area contributed by atoms with Crippen molar-refractivity contribution in [1.82, 2.24) is 5.32 Å². The summed E-state index contributed by atoms with van der Waals surface area (Å²) < 4.78 is 65.1. The lowest BCUT2D eigenvalue weighted by atomic mass is 9.78. The first-order chi connectivity index (χ1) is 23.7. The number of methoxy groups -OCH3 is 2. The Balaban J connectivity index is 1.16. The van der Waals surface area contributed by atoms with Crippen LogP contribution in [-0.4, -0.2) is 111 Å². The van der Waals surface area contributed by atoms with E-state index in [1.165, 1.54) is 0 Å². The highest BCUT2D eigenvalue weighted by Crippen LogP contribution is 2.85. The van der Waals surface area contributed by atoms with Gasteiger partial charge in [-0.3, -0.25) is 4.79 Å². The van der Waals surface area contributed by atoms with Crippen molar-refractivity contribution in [2.24, 2.45) is 0 Å². The summed E-state index contributed by atoms with van der Waals surface area (Å²) in [5.41, 5.74) is 0.546. The number of carbonyl (C=O) groups is 1. The van der Waals surface area contributed by atoms with Gasteiger partial charge in [-0.1, -0.05) is 13.8 Å². The molecule has 0 radical (unpaired) electrons. The fourth-order valence-electron chi connectivity index (χ4n) is 10.2. The number of epoxide rings is 2. The lowest BCUT2D eigenvalue weighted by Crippen LogP contribution is -2.67. The molecule has 10 rings (SSSR count). The number of phenolic OH excluding ortho intramolecular Hbond substituents is 1. The number of carbonyl (C=O) groups excluding carboxylic acids is 1. The van der Waals surface area contributed by atoms with Crippen molar-refractivity contribution in [2.75, 3.05) is 40.6 Å². The van der Waals surface area contributed by atoms with Gasteiger partial charge in [0.15, 0.2) is 23.3 Å². The number of phenols is 1. The predicted octanol–water partition coefficient (Wildman–Crippen LogP) is 3.11. The molecule has 2 N–H and O–H groups in total. The van der Waals surface area contributed by atoms with Gasteiger partial charge >= 0.3 is 0 Å². The van der Waals surface area contributed by atoms with Gasteiger partial charge in [-0.25, -0.2) is 0 Å². The highest BCUT2D eigenvalue weighted by molar-refractivity contribution is 6.11. The van der Waals surface area contributed by atoms with Crippen LogP contribution in [-0.2, 0) is 44.3 Å². The Kier molecular flexibility index (Phi) is 6.53. The number of aryl methyl sites for hydroxylation is 1. The summed E-state index contributed by atoms with van der Waals surface area (Å²) in [6.07, 6.45) is 0.482. The van der Waals surface area contributed by atoms with Crippen LogP contribution in [0.5, 0.6) is 17.2 Å². The van der Waals surface area contributed by atoms with Crippen LogP contribution in [0.15, 0.2) is 6.07 Å². The van der Waals surface area contributed by atoms with Gasteiger partial charge in [0.25, 0.3) is 11.6 Å². The maximum atomic E-state index is 13.4. The van der Waals surface area contributed by atoms with Crippen molar-refractivity contribution < 1.29 is 57.3 Å². The quantitative estimate of drug-likeness (QED) is 0.413. The van der Waals surface area contributed by atoms with Crippen molar-refractivity contribution in [3.8, 4) is 17.2 Å². The summed E-state index contributed by atoms with van der Waals surface area (Å²) in [7, 11) is 3.29. The molecular weight excluding hydrogens is 638 g/mol. The highest BCUT2D eigenvalue weighted by Gasteiger charge is 3.07. The number of fused-ring (bicyclic) bond motifs is 5. The van der Waals surface area contributed by atoms with Gasteiger partial charge in [0.2, 0.25) is 6.29 Å². The topological polar surface area (TPSA) is 148 Å². The first kappa shape index (κ1) is 31.2. The van der Waals surface area contributed by atoms with Crippen molar-refractivity contribution in [1.29, 1.82) is 0 Å². The Hall–Kier alpha value is -2.59. The normalized spacial score (nSPS) is 41.5. The zero-order valence-electron chi connectivity index (χ0n) is 28.4. The second kappa shape index (κ2) is 10.3. The number of aromatic hydroxyl groups is 1. The standard InChI is InChI=1S/C36H43NO12/c1-16(2)37-20-14-44-23(13-22(20)40-4)46-35-31-27(34(33(35)15-45-33)36(48-31,49-34)32-42-10-7-11-43-32)24-17(3)12-19-26(30(24)47-35)28(39)25-18(29(19)41-5)8-6-9-21(25)38/h12,16,20,22-23,27,31-32,37,39H,6-11,13-15H2,1-5H3/t20-,22?,23?,27?,31?,33+,34?,35+,36?/m0/s1. The fourth-order valence-corrected chi connectivity index (χ4v) is 10.2. The van der Waals surface area contributed by atoms with Crippen molar-refractivity contribution in [2.45, 2.75) is 118 Å². The third-order valence-electron chi connectivity index (χ3n) is 12.1. The molecule has 0 aromatic heterocycles. The number of ether oxygens (including phenoxy) is 10. The first-order valence-corrected chi connectivity index (χ1v) is 17.6. The lowest BCUT2D eigenvalue weighted by molar-refractivity contribution is -0.370. The summed E-state index contributed by atoms with van der Waals surface area (Å²) in [5, 5.41) is 16.6. The molecular formula is C36H43NO12. The fraction of sp³-hybridized carbons (Fsp3) is 0.694. The van der Waals surface area contributed by atoms with Crippen LogP contribution in [0.4, 0.5) is 0 Å². The van der Waals surface area contributed by atoms with E-state index >= 15 is 0 Å². The number of rotatable bonds is 7. The second-order valence-corrected chi connectivity index (χ2v) is 15.0.